The Balaban J connectivity index is 0.00000529. The second-order valence-electron chi connectivity index (χ2n) is 5.52. The van der Waals surface area contributed by atoms with Gasteiger partial charge >= 0.3 is 0 Å². The molecule has 7 nitrogen and oxygen atoms in total. The van der Waals surface area contributed by atoms with E-state index in [-0.39, 0.29) is 36.4 Å². The summed E-state index contributed by atoms with van der Waals surface area (Å²) in [5.41, 5.74) is 0. The number of carbonyl (C=O) groups excluding carboxylic acids is 1. The number of rotatable bonds is 11. The van der Waals surface area contributed by atoms with Crippen LogP contribution in [-0.4, -0.2) is 76.4 Å². The van der Waals surface area contributed by atoms with Gasteiger partial charge in [0.15, 0.2) is 5.96 Å². The van der Waals surface area contributed by atoms with Crippen molar-refractivity contribution >= 4 is 35.8 Å². The van der Waals surface area contributed by atoms with Gasteiger partial charge in [-0.25, -0.2) is 4.99 Å². The molecular formula is C16H33IN4O3. The molecule has 2 N–H and O–H groups in total. The summed E-state index contributed by atoms with van der Waals surface area (Å²) in [4.78, 5) is 18.3. The van der Waals surface area contributed by atoms with Gasteiger partial charge in [0, 0.05) is 39.9 Å². The van der Waals surface area contributed by atoms with E-state index in [4.69, 9.17) is 9.47 Å². The number of methoxy groups -OCH3 is 1. The zero-order valence-electron chi connectivity index (χ0n) is 15.0. The van der Waals surface area contributed by atoms with Crippen LogP contribution in [-0.2, 0) is 14.3 Å². The molecule has 0 bridgehead atoms. The van der Waals surface area contributed by atoms with Crippen molar-refractivity contribution in [1.82, 2.24) is 15.5 Å². The molecular weight excluding hydrogens is 423 g/mol. The predicted molar refractivity (Wildman–Crippen MR) is 107 cm³/mol. The minimum Gasteiger partial charge on any atom is -0.382 e. The molecule has 8 heteroatoms. The van der Waals surface area contributed by atoms with Crippen molar-refractivity contribution in [3.05, 3.63) is 0 Å². The first kappa shape index (κ1) is 23.4. The molecule has 0 radical (unpaired) electrons. The maximum Gasteiger partial charge on any atom is 0.244 e. The average molecular weight is 456 g/mol. The highest BCUT2D eigenvalue weighted by atomic mass is 127. The molecule has 0 aliphatic carbocycles. The van der Waals surface area contributed by atoms with E-state index in [2.05, 4.69) is 15.6 Å². The summed E-state index contributed by atoms with van der Waals surface area (Å²) in [6.45, 7) is 7.61. The number of nitrogens with one attached hydrogen (secondary N) is 2. The van der Waals surface area contributed by atoms with E-state index in [1.807, 2.05) is 11.8 Å². The predicted octanol–water partition coefficient (Wildman–Crippen LogP) is 1.23. The zero-order chi connectivity index (χ0) is 16.8. The van der Waals surface area contributed by atoms with Gasteiger partial charge in [0.2, 0.25) is 5.91 Å². The standard InChI is InChI=1S/C16H32N4O3.HI/c1-3-17-16(18-8-4-7-11-23-13-12-22-2)19-14-15(21)20-9-5-6-10-20;/h3-14H2,1-2H3,(H2,17,18,19);1H. The highest BCUT2D eigenvalue weighted by molar-refractivity contribution is 14.0. The summed E-state index contributed by atoms with van der Waals surface area (Å²) in [7, 11) is 1.67. The van der Waals surface area contributed by atoms with Crippen LogP contribution in [0, 0.1) is 0 Å². The Morgan fingerprint density at radius 2 is 1.88 bits per heavy atom. The Morgan fingerprint density at radius 3 is 2.54 bits per heavy atom. The van der Waals surface area contributed by atoms with Gasteiger partial charge in [-0.15, -0.1) is 24.0 Å². The molecule has 1 amide bonds. The van der Waals surface area contributed by atoms with Gasteiger partial charge in [-0.2, -0.15) is 0 Å². The molecule has 0 unspecified atom stereocenters. The Morgan fingerprint density at radius 1 is 1.12 bits per heavy atom. The van der Waals surface area contributed by atoms with Gasteiger partial charge < -0.3 is 25.0 Å². The lowest BCUT2D eigenvalue weighted by Crippen LogP contribution is -2.39. The van der Waals surface area contributed by atoms with E-state index < -0.39 is 0 Å². The minimum absolute atomic E-state index is 0. The van der Waals surface area contributed by atoms with Crippen LogP contribution in [0.1, 0.15) is 32.6 Å². The van der Waals surface area contributed by atoms with Crippen molar-refractivity contribution in [2.75, 3.05) is 59.7 Å². The highest BCUT2D eigenvalue weighted by Gasteiger charge is 2.17. The summed E-state index contributed by atoms with van der Waals surface area (Å²) in [6.07, 6.45) is 4.21. The van der Waals surface area contributed by atoms with E-state index in [0.29, 0.717) is 19.2 Å². The van der Waals surface area contributed by atoms with Crippen LogP contribution in [0.3, 0.4) is 0 Å². The quantitative estimate of drug-likeness (QED) is 0.212. The highest BCUT2D eigenvalue weighted by Crippen LogP contribution is 2.07. The lowest BCUT2D eigenvalue weighted by Gasteiger charge is -2.15. The van der Waals surface area contributed by atoms with E-state index in [1.165, 1.54) is 0 Å². The number of ether oxygens (including phenoxy) is 2. The summed E-state index contributed by atoms with van der Waals surface area (Å²) >= 11 is 0. The fraction of sp³-hybridized carbons (Fsp3) is 0.875. The van der Waals surface area contributed by atoms with E-state index >= 15 is 0 Å². The number of hydrogen-bond donors (Lipinski definition) is 2. The maximum atomic E-state index is 12.0. The summed E-state index contributed by atoms with van der Waals surface area (Å²) < 4.78 is 10.3. The number of unbranched alkanes of at least 4 members (excludes halogenated alkanes) is 1. The van der Waals surface area contributed by atoms with Gasteiger partial charge in [0.25, 0.3) is 0 Å². The minimum atomic E-state index is 0. The first-order valence-corrected chi connectivity index (χ1v) is 8.64. The van der Waals surface area contributed by atoms with Gasteiger partial charge in [-0.3, -0.25) is 4.79 Å². The molecule has 0 spiro atoms. The molecule has 0 saturated carbocycles. The Kier molecular flexibility index (Phi) is 15.5. The molecule has 0 aromatic carbocycles. The van der Waals surface area contributed by atoms with Crippen molar-refractivity contribution in [3.63, 3.8) is 0 Å². The molecule has 1 aliphatic heterocycles. The second kappa shape index (κ2) is 15.9. The van der Waals surface area contributed by atoms with Crippen molar-refractivity contribution < 1.29 is 14.3 Å². The molecule has 0 aromatic heterocycles. The van der Waals surface area contributed by atoms with Crippen LogP contribution < -0.4 is 10.6 Å². The second-order valence-corrected chi connectivity index (χ2v) is 5.52. The Bertz CT molecular complexity index is 350. The van der Waals surface area contributed by atoms with Crippen LogP contribution in [0.15, 0.2) is 4.99 Å². The number of halogens is 1. The molecule has 142 valence electrons. The molecule has 0 atom stereocenters. The number of carbonyl (C=O) groups is 1. The molecule has 1 aliphatic rings. The fourth-order valence-corrected chi connectivity index (χ4v) is 2.34. The van der Waals surface area contributed by atoms with Crippen molar-refractivity contribution in [2.24, 2.45) is 4.99 Å². The van der Waals surface area contributed by atoms with Crippen molar-refractivity contribution in [1.29, 1.82) is 0 Å². The number of likely N-dealkylation sites (tertiary alicyclic amines) is 1. The Labute approximate surface area is 162 Å². The van der Waals surface area contributed by atoms with E-state index in [0.717, 1.165) is 58.5 Å². The zero-order valence-corrected chi connectivity index (χ0v) is 17.3. The molecule has 1 saturated heterocycles. The first-order valence-electron chi connectivity index (χ1n) is 8.64. The smallest absolute Gasteiger partial charge is 0.244 e. The van der Waals surface area contributed by atoms with Gasteiger partial charge in [-0.1, -0.05) is 0 Å². The topological polar surface area (TPSA) is 75.2 Å². The molecule has 1 fully saturated rings. The normalized spacial score (nSPS) is 14.4. The molecule has 24 heavy (non-hydrogen) atoms. The Hall–Kier alpha value is -0.610. The third-order valence-corrected chi connectivity index (χ3v) is 3.62. The van der Waals surface area contributed by atoms with Crippen LogP contribution in [0.4, 0.5) is 0 Å². The number of nitrogens with zero attached hydrogens (tertiary/aromatic N) is 2. The third kappa shape index (κ3) is 11.0. The van der Waals surface area contributed by atoms with Crippen LogP contribution in [0.25, 0.3) is 0 Å². The first-order chi connectivity index (χ1) is 11.3. The molecule has 1 heterocycles. The fourth-order valence-electron chi connectivity index (χ4n) is 2.34. The monoisotopic (exact) mass is 456 g/mol. The van der Waals surface area contributed by atoms with Crippen LogP contribution in [0.2, 0.25) is 0 Å². The third-order valence-electron chi connectivity index (χ3n) is 3.62. The number of aliphatic imine (C=N–C) groups is 1. The largest absolute Gasteiger partial charge is 0.382 e. The van der Waals surface area contributed by atoms with Gasteiger partial charge in [-0.05, 0) is 32.6 Å². The van der Waals surface area contributed by atoms with E-state index in [9.17, 15) is 4.79 Å². The molecule has 0 aromatic rings. The summed E-state index contributed by atoms with van der Waals surface area (Å²) in [5, 5.41) is 6.42. The van der Waals surface area contributed by atoms with Crippen LogP contribution in [0.5, 0.6) is 0 Å². The summed E-state index contributed by atoms with van der Waals surface area (Å²) in [6, 6.07) is 0. The van der Waals surface area contributed by atoms with Crippen molar-refractivity contribution in [3.8, 4) is 0 Å². The van der Waals surface area contributed by atoms with Gasteiger partial charge in [0.05, 0.1) is 13.2 Å². The molecule has 1 rings (SSSR count). The van der Waals surface area contributed by atoms with Gasteiger partial charge in [0.1, 0.15) is 6.54 Å². The van der Waals surface area contributed by atoms with Crippen molar-refractivity contribution in [2.45, 2.75) is 32.6 Å². The maximum absolute atomic E-state index is 12.0. The lowest BCUT2D eigenvalue weighted by atomic mass is 10.3. The summed E-state index contributed by atoms with van der Waals surface area (Å²) in [5.74, 6) is 0.826. The SMILES string of the molecule is CCNC(=NCC(=O)N1CCCC1)NCCCCOCCOC.I. The number of guanidine groups is 1. The number of hydrogen-bond acceptors (Lipinski definition) is 4. The van der Waals surface area contributed by atoms with E-state index in [1.54, 1.807) is 7.11 Å². The average Bonchev–Trinajstić information content (AvgIpc) is 3.09. The van der Waals surface area contributed by atoms with Crippen LogP contribution >= 0.6 is 24.0 Å². The lowest BCUT2D eigenvalue weighted by molar-refractivity contribution is -0.128. The number of amides is 1.